The van der Waals surface area contributed by atoms with Gasteiger partial charge in [0, 0.05) is 18.2 Å². The van der Waals surface area contributed by atoms with Crippen LogP contribution in [0.4, 0.5) is 0 Å². The van der Waals surface area contributed by atoms with E-state index in [9.17, 15) is 19.5 Å². The maximum atomic E-state index is 13.5. The van der Waals surface area contributed by atoms with Crippen LogP contribution in [0.3, 0.4) is 0 Å². The molecule has 4 rings (SSSR count). The quantitative estimate of drug-likeness (QED) is 0.461. The summed E-state index contributed by atoms with van der Waals surface area (Å²) < 4.78 is 0. The van der Waals surface area contributed by atoms with Crippen LogP contribution in [-0.2, 0) is 22.6 Å². The van der Waals surface area contributed by atoms with Crippen molar-refractivity contribution in [2.75, 3.05) is 13.1 Å². The molecule has 1 aliphatic carbocycles. The normalized spacial score (nSPS) is 20.7. The van der Waals surface area contributed by atoms with Gasteiger partial charge in [0.1, 0.15) is 5.75 Å². The van der Waals surface area contributed by atoms with Crippen LogP contribution in [-0.4, -0.2) is 52.8 Å². The molecule has 0 saturated heterocycles. The Labute approximate surface area is 226 Å². The molecular formula is C31H41N3O4. The maximum Gasteiger partial charge on any atom is 0.251 e. The molecule has 2 aromatic rings. The van der Waals surface area contributed by atoms with Crippen molar-refractivity contribution in [1.29, 1.82) is 0 Å². The predicted molar refractivity (Wildman–Crippen MR) is 148 cm³/mol. The fourth-order valence-corrected chi connectivity index (χ4v) is 5.76. The van der Waals surface area contributed by atoms with Crippen molar-refractivity contribution < 1.29 is 19.5 Å². The number of fused-ring (bicyclic) bond motifs is 1. The van der Waals surface area contributed by atoms with E-state index >= 15 is 0 Å². The molecule has 0 spiro atoms. The first-order valence-corrected chi connectivity index (χ1v) is 14.0. The van der Waals surface area contributed by atoms with Gasteiger partial charge in [-0.2, -0.15) is 0 Å². The second-order valence-electron chi connectivity index (χ2n) is 11.3. The number of amides is 2. The van der Waals surface area contributed by atoms with E-state index in [1.165, 1.54) is 0 Å². The molecule has 1 unspecified atom stereocenters. The molecule has 7 nitrogen and oxygen atoms in total. The molecule has 2 amide bonds. The van der Waals surface area contributed by atoms with E-state index in [0.717, 1.165) is 49.8 Å². The molecule has 2 aliphatic rings. The Morgan fingerprint density at radius 2 is 1.76 bits per heavy atom. The number of nitrogens with one attached hydrogen (secondary N) is 2. The Bertz CT molecular complexity index is 1120. The zero-order valence-corrected chi connectivity index (χ0v) is 22.6. The van der Waals surface area contributed by atoms with Crippen molar-refractivity contribution in [2.45, 2.75) is 77.4 Å². The summed E-state index contributed by atoms with van der Waals surface area (Å²) in [4.78, 5) is 42.0. The molecule has 0 radical (unpaired) electrons. The van der Waals surface area contributed by atoms with Gasteiger partial charge in [-0.15, -0.1) is 0 Å². The van der Waals surface area contributed by atoms with Gasteiger partial charge in [0.05, 0.1) is 18.5 Å². The number of aromatic hydroxyl groups is 1. The number of hydrogen-bond acceptors (Lipinski definition) is 5. The van der Waals surface area contributed by atoms with Gasteiger partial charge < -0.3 is 15.7 Å². The lowest BCUT2D eigenvalue weighted by molar-refractivity contribution is -0.132. The number of carbonyl (C=O) groups excluding carboxylic acids is 3. The zero-order chi connectivity index (χ0) is 27.1. The van der Waals surface area contributed by atoms with Crippen LogP contribution in [0.25, 0.3) is 0 Å². The maximum absolute atomic E-state index is 13.5. The van der Waals surface area contributed by atoms with Crippen LogP contribution in [0.2, 0.25) is 0 Å². The highest BCUT2D eigenvalue weighted by atomic mass is 16.3. The number of nitrogens with zero attached hydrogens (tertiary/aromatic N) is 1. The Morgan fingerprint density at radius 3 is 2.53 bits per heavy atom. The number of phenols is 1. The molecule has 0 aromatic heterocycles. The van der Waals surface area contributed by atoms with Crippen LogP contribution >= 0.6 is 0 Å². The van der Waals surface area contributed by atoms with Crippen molar-refractivity contribution in [2.24, 2.45) is 11.8 Å². The molecular weight excluding hydrogens is 478 g/mol. The highest BCUT2D eigenvalue weighted by Crippen LogP contribution is 2.26. The molecule has 7 heteroatoms. The van der Waals surface area contributed by atoms with Crippen molar-refractivity contribution in [3.63, 3.8) is 0 Å². The Morgan fingerprint density at radius 1 is 1.00 bits per heavy atom. The second-order valence-corrected chi connectivity index (χ2v) is 11.3. The Kier molecular flexibility index (Phi) is 9.56. The molecule has 1 heterocycles. The number of benzene rings is 2. The second kappa shape index (κ2) is 13.1. The van der Waals surface area contributed by atoms with E-state index < -0.39 is 6.04 Å². The molecule has 3 atom stereocenters. The van der Waals surface area contributed by atoms with Crippen molar-refractivity contribution in [3.05, 3.63) is 65.2 Å². The van der Waals surface area contributed by atoms with Crippen LogP contribution in [0, 0.1) is 11.8 Å². The minimum absolute atomic E-state index is 0.0231. The van der Waals surface area contributed by atoms with Gasteiger partial charge in [-0.05, 0) is 80.0 Å². The lowest BCUT2D eigenvalue weighted by atomic mass is 9.83. The summed E-state index contributed by atoms with van der Waals surface area (Å²) in [6.07, 6.45) is 5.71. The third-order valence-electron chi connectivity index (χ3n) is 7.75. The average molecular weight is 520 g/mol. The van der Waals surface area contributed by atoms with Crippen LogP contribution in [0.1, 0.15) is 73.9 Å². The molecule has 1 aliphatic heterocycles. The molecule has 0 bridgehead atoms. The number of ketones is 1. The molecule has 2 aromatic carbocycles. The van der Waals surface area contributed by atoms with E-state index in [1.807, 2.05) is 30.3 Å². The Balaban J connectivity index is 1.41. The largest absolute Gasteiger partial charge is 0.508 e. The third kappa shape index (κ3) is 7.44. The van der Waals surface area contributed by atoms with Crippen molar-refractivity contribution in [1.82, 2.24) is 15.5 Å². The summed E-state index contributed by atoms with van der Waals surface area (Å²) >= 11 is 0. The zero-order valence-electron chi connectivity index (χ0n) is 22.6. The molecule has 1 saturated carbocycles. The van der Waals surface area contributed by atoms with Gasteiger partial charge in [-0.25, -0.2) is 0 Å². The van der Waals surface area contributed by atoms with Gasteiger partial charge in [0.25, 0.3) is 5.91 Å². The summed E-state index contributed by atoms with van der Waals surface area (Å²) in [5.74, 6) is -0.115. The van der Waals surface area contributed by atoms with E-state index in [4.69, 9.17) is 0 Å². The van der Waals surface area contributed by atoms with Crippen LogP contribution < -0.4 is 10.6 Å². The SMILES string of the molecule is CC(C)CC(NC(=O)[C@@H]1CCCC[C@@H]1NC(=O)c1ccccc1)C(=O)CN1CCCc2cc(O)ccc2C1. The van der Waals surface area contributed by atoms with Gasteiger partial charge in [-0.3, -0.25) is 19.3 Å². The van der Waals surface area contributed by atoms with Crippen LogP contribution in [0.15, 0.2) is 48.5 Å². The smallest absolute Gasteiger partial charge is 0.251 e. The summed E-state index contributed by atoms with van der Waals surface area (Å²) in [5.41, 5.74) is 2.85. The lowest BCUT2D eigenvalue weighted by Crippen LogP contribution is -2.53. The average Bonchev–Trinajstić information content (AvgIpc) is 3.10. The van der Waals surface area contributed by atoms with Crippen molar-refractivity contribution in [3.8, 4) is 5.75 Å². The van der Waals surface area contributed by atoms with E-state index in [1.54, 1.807) is 18.2 Å². The first kappa shape index (κ1) is 27.8. The summed E-state index contributed by atoms with van der Waals surface area (Å²) in [5, 5.41) is 16.0. The van der Waals surface area contributed by atoms with Gasteiger partial charge in [0.2, 0.25) is 5.91 Å². The summed E-state index contributed by atoms with van der Waals surface area (Å²) in [7, 11) is 0. The summed E-state index contributed by atoms with van der Waals surface area (Å²) in [6, 6.07) is 13.7. The van der Waals surface area contributed by atoms with E-state index in [2.05, 4.69) is 29.4 Å². The first-order chi connectivity index (χ1) is 18.3. The highest BCUT2D eigenvalue weighted by molar-refractivity contribution is 5.95. The third-order valence-corrected chi connectivity index (χ3v) is 7.75. The highest BCUT2D eigenvalue weighted by Gasteiger charge is 2.34. The lowest BCUT2D eigenvalue weighted by Gasteiger charge is -2.33. The van der Waals surface area contributed by atoms with Gasteiger partial charge >= 0.3 is 0 Å². The minimum atomic E-state index is -0.558. The number of phenolic OH excluding ortho intramolecular Hbond substituents is 1. The van der Waals surface area contributed by atoms with E-state index in [-0.39, 0.29) is 47.8 Å². The molecule has 3 N–H and O–H groups in total. The number of rotatable bonds is 9. The molecule has 38 heavy (non-hydrogen) atoms. The standard InChI is InChI=1S/C31H41N3O4/c1-21(2)17-28(29(36)20-34-16-8-11-23-18-25(35)15-14-24(23)19-34)33-31(38)26-12-6-7-13-27(26)32-30(37)22-9-4-3-5-10-22/h3-5,9-10,14-15,18,21,26-28,35H,6-8,11-13,16-17,19-20H2,1-2H3,(H,32,37)(H,33,38)/t26-,27+,28?/m1/s1. The van der Waals surface area contributed by atoms with Gasteiger partial charge in [-0.1, -0.05) is 51.0 Å². The topological polar surface area (TPSA) is 98.7 Å². The molecule has 1 fully saturated rings. The number of hydrogen-bond donors (Lipinski definition) is 3. The number of aryl methyl sites for hydroxylation is 1. The monoisotopic (exact) mass is 519 g/mol. The fraction of sp³-hybridized carbons (Fsp3) is 0.516. The summed E-state index contributed by atoms with van der Waals surface area (Å²) in [6.45, 7) is 5.84. The Hall–Kier alpha value is -3.19. The minimum Gasteiger partial charge on any atom is -0.508 e. The van der Waals surface area contributed by atoms with E-state index in [0.29, 0.717) is 24.9 Å². The fourth-order valence-electron chi connectivity index (χ4n) is 5.76. The van der Waals surface area contributed by atoms with Crippen molar-refractivity contribution >= 4 is 17.6 Å². The number of Topliss-reactive ketones (excluding diaryl/α,β-unsaturated/α-hetero) is 1. The predicted octanol–water partition coefficient (Wildman–Crippen LogP) is 4.23. The van der Waals surface area contributed by atoms with Crippen LogP contribution in [0.5, 0.6) is 5.75 Å². The first-order valence-electron chi connectivity index (χ1n) is 14.0. The molecule has 204 valence electrons. The number of carbonyl (C=O) groups is 3. The van der Waals surface area contributed by atoms with Gasteiger partial charge in [0.15, 0.2) is 5.78 Å².